The second kappa shape index (κ2) is 4.58. The van der Waals surface area contributed by atoms with Crippen molar-refractivity contribution in [1.29, 1.82) is 0 Å². The van der Waals surface area contributed by atoms with Gasteiger partial charge in [-0.1, -0.05) is 18.2 Å². The smallest absolute Gasteiger partial charge is 0.326 e. The van der Waals surface area contributed by atoms with Gasteiger partial charge in [0.1, 0.15) is 12.4 Å². The minimum Gasteiger partial charge on any atom is -0.492 e. The van der Waals surface area contributed by atoms with E-state index in [1.165, 1.54) is 0 Å². The average molecular weight is 271 g/mol. The van der Waals surface area contributed by atoms with Gasteiger partial charge in [-0.05, 0) is 6.07 Å². The number of hydrogen-bond acceptors (Lipinski definition) is 4. The number of ether oxygens (including phenoxy) is 1. The summed E-state index contributed by atoms with van der Waals surface area (Å²) in [6.07, 6.45) is 0.997. The third-order valence-corrected chi connectivity index (χ3v) is 3.98. The highest BCUT2D eigenvalue weighted by Gasteiger charge is 2.37. The number of carboxylic acids is 1. The summed E-state index contributed by atoms with van der Waals surface area (Å²) in [4.78, 5) is 11.4. The first-order chi connectivity index (χ1) is 8.41. The van der Waals surface area contributed by atoms with Crippen molar-refractivity contribution in [2.75, 3.05) is 19.4 Å². The fourth-order valence-electron chi connectivity index (χ4n) is 1.98. The highest BCUT2D eigenvalue weighted by Crippen LogP contribution is 2.33. The molecular weight excluding hydrogens is 258 g/mol. The van der Waals surface area contributed by atoms with Crippen LogP contribution >= 0.6 is 0 Å². The van der Waals surface area contributed by atoms with Crippen LogP contribution in [0.2, 0.25) is 0 Å². The average Bonchev–Trinajstić information content (AvgIpc) is 2.46. The van der Waals surface area contributed by atoms with Gasteiger partial charge in [-0.25, -0.2) is 8.42 Å². The quantitative estimate of drug-likeness (QED) is 0.845. The molecule has 1 aromatic rings. The second-order valence-electron chi connectivity index (χ2n) is 4.00. The maximum Gasteiger partial charge on any atom is 0.326 e. The molecule has 1 aromatic carbocycles. The molecule has 18 heavy (non-hydrogen) atoms. The Kier molecular flexibility index (Phi) is 3.27. The number of para-hydroxylation sites is 1. The number of fused-ring (bicyclic) bond motifs is 1. The SMILES string of the molecule is CS(=O)(=O)N1CCOc2ccccc2C1C(=O)O. The van der Waals surface area contributed by atoms with Gasteiger partial charge in [0.05, 0.1) is 6.26 Å². The minimum atomic E-state index is -3.61. The summed E-state index contributed by atoms with van der Waals surface area (Å²) in [5.74, 6) is -0.797. The molecule has 0 radical (unpaired) electrons. The highest BCUT2D eigenvalue weighted by atomic mass is 32.2. The molecule has 1 aliphatic heterocycles. The first-order valence-electron chi connectivity index (χ1n) is 5.32. The van der Waals surface area contributed by atoms with Gasteiger partial charge in [-0.2, -0.15) is 4.31 Å². The van der Waals surface area contributed by atoms with Gasteiger partial charge in [-0.15, -0.1) is 0 Å². The lowest BCUT2D eigenvalue weighted by molar-refractivity contribution is -0.141. The monoisotopic (exact) mass is 271 g/mol. The van der Waals surface area contributed by atoms with E-state index >= 15 is 0 Å². The van der Waals surface area contributed by atoms with Gasteiger partial charge in [0.15, 0.2) is 6.04 Å². The summed E-state index contributed by atoms with van der Waals surface area (Å²) in [6.45, 7) is 0.151. The largest absolute Gasteiger partial charge is 0.492 e. The molecule has 98 valence electrons. The lowest BCUT2D eigenvalue weighted by atomic mass is 10.1. The van der Waals surface area contributed by atoms with E-state index in [4.69, 9.17) is 4.74 Å². The molecule has 0 bridgehead atoms. The summed E-state index contributed by atoms with van der Waals surface area (Å²) in [5.41, 5.74) is 0.355. The first kappa shape index (κ1) is 12.8. The summed E-state index contributed by atoms with van der Waals surface area (Å²) >= 11 is 0. The Morgan fingerprint density at radius 2 is 2.11 bits per heavy atom. The van der Waals surface area contributed by atoms with Crippen LogP contribution in [0.15, 0.2) is 24.3 Å². The van der Waals surface area contributed by atoms with E-state index in [2.05, 4.69) is 0 Å². The van der Waals surface area contributed by atoms with Crippen molar-refractivity contribution in [3.63, 3.8) is 0 Å². The normalized spacial score (nSPS) is 20.6. The van der Waals surface area contributed by atoms with E-state index in [0.717, 1.165) is 10.6 Å². The Balaban J connectivity index is 2.58. The zero-order valence-electron chi connectivity index (χ0n) is 9.74. The van der Waals surface area contributed by atoms with Gasteiger partial charge < -0.3 is 9.84 Å². The number of carbonyl (C=O) groups is 1. The molecule has 0 aromatic heterocycles. The second-order valence-corrected chi connectivity index (χ2v) is 5.94. The van der Waals surface area contributed by atoms with Crippen molar-refractivity contribution < 1.29 is 23.1 Å². The van der Waals surface area contributed by atoms with Crippen molar-refractivity contribution in [2.24, 2.45) is 0 Å². The topological polar surface area (TPSA) is 83.9 Å². The van der Waals surface area contributed by atoms with Crippen LogP contribution in [0.1, 0.15) is 11.6 Å². The third-order valence-electron chi connectivity index (χ3n) is 2.73. The zero-order valence-corrected chi connectivity index (χ0v) is 10.6. The Morgan fingerprint density at radius 1 is 1.44 bits per heavy atom. The molecule has 0 saturated carbocycles. The van der Waals surface area contributed by atoms with Crippen molar-refractivity contribution >= 4 is 16.0 Å². The Hall–Kier alpha value is -1.60. The Labute approximate surface area is 105 Å². The standard InChI is InChI=1S/C11H13NO5S/c1-18(15,16)12-6-7-17-9-5-3-2-4-8(9)10(12)11(13)14/h2-5,10H,6-7H2,1H3,(H,13,14). The van der Waals surface area contributed by atoms with Gasteiger partial charge in [0.2, 0.25) is 10.0 Å². The van der Waals surface area contributed by atoms with E-state index in [1.54, 1.807) is 24.3 Å². The first-order valence-corrected chi connectivity index (χ1v) is 7.17. The number of hydrogen-bond donors (Lipinski definition) is 1. The van der Waals surface area contributed by atoms with E-state index in [9.17, 15) is 18.3 Å². The highest BCUT2D eigenvalue weighted by molar-refractivity contribution is 7.88. The van der Waals surface area contributed by atoms with Gasteiger partial charge >= 0.3 is 5.97 Å². The van der Waals surface area contributed by atoms with E-state index in [1.807, 2.05) is 0 Å². The maximum absolute atomic E-state index is 11.7. The van der Waals surface area contributed by atoms with Crippen LogP contribution in [-0.2, 0) is 14.8 Å². The summed E-state index contributed by atoms with van der Waals surface area (Å²) in [7, 11) is -3.61. The van der Waals surface area contributed by atoms with Crippen LogP contribution < -0.4 is 4.74 Å². The lowest BCUT2D eigenvalue weighted by Crippen LogP contribution is -2.39. The number of rotatable bonds is 2. The molecular formula is C11H13NO5S. The molecule has 1 heterocycles. The van der Waals surface area contributed by atoms with Crippen LogP contribution in [0, 0.1) is 0 Å². The van der Waals surface area contributed by atoms with Crippen molar-refractivity contribution in [3.05, 3.63) is 29.8 Å². The van der Waals surface area contributed by atoms with E-state index in [-0.39, 0.29) is 13.2 Å². The van der Waals surface area contributed by atoms with E-state index < -0.39 is 22.0 Å². The zero-order chi connectivity index (χ0) is 13.3. The molecule has 1 atom stereocenters. The fraction of sp³-hybridized carbons (Fsp3) is 0.364. The number of sulfonamides is 1. The molecule has 7 heteroatoms. The molecule has 1 N–H and O–H groups in total. The van der Waals surface area contributed by atoms with Crippen molar-refractivity contribution in [2.45, 2.75) is 6.04 Å². The molecule has 0 aliphatic carbocycles. The predicted octanol–water partition coefficient (Wildman–Crippen LogP) is 0.466. The van der Waals surface area contributed by atoms with Gasteiger partial charge in [0.25, 0.3) is 0 Å². The van der Waals surface area contributed by atoms with Gasteiger partial charge in [-0.3, -0.25) is 4.79 Å². The molecule has 1 aliphatic rings. The number of aliphatic carboxylic acids is 1. The van der Waals surface area contributed by atoms with Crippen LogP contribution in [0.3, 0.4) is 0 Å². The molecule has 0 saturated heterocycles. The molecule has 0 spiro atoms. The number of nitrogens with zero attached hydrogens (tertiary/aromatic N) is 1. The molecule has 0 amide bonds. The van der Waals surface area contributed by atoms with Crippen molar-refractivity contribution in [3.8, 4) is 5.75 Å². The fourth-order valence-corrected chi connectivity index (χ4v) is 2.97. The number of carboxylic acid groups (broad SMARTS) is 1. The molecule has 1 unspecified atom stereocenters. The van der Waals surface area contributed by atoms with Crippen LogP contribution in [0.5, 0.6) is 5.75 Å². The summed E-state index contributed by atoms with van der Waals surface area (Å²) < 4.78 is 29.7. The lowest BCUT2D eigenvalue weighted by Gasteiger charge is -2.24. The molecule has 0 fully saturated rings. The van der Waals surface area contributed by atoms with Gasteiger partial charge in [0, 0.05) is 12.1 Å². The van der Waals surface area contributed by atoms with Crippen molar-refractivity contribution in [1.82, 2.24) is 4.31 Å². The van der Waals surface area contributed by atoms with E-state index in [0.29, 0.717) is 11.3 Å². The minimum absolute atomic E-state index is 0.0183. The Morgan fingerprint density at radius 3 is 2.72 bits per heavy atom. The molecule has 6 nitrogen and oxygen atoms in total. The predicted molar refractivity (Wildman–Crippen MR) is 63.9 cm³/mol. The maximum atomic E-state index is 11.7. The summed E-state index contributed by atoms with van der Waals surface area (Å²) in [6, 6.07) is 5.34. The van der Waals surface area contributed by atoms with Crippen LogP contribution in [0.25, 0.3) is 0 Å². The van der Waals surface area contributed by atoms with Crippen LogP contribution in [0.4, 0.5) is 0 Å². The molecule has 2 rings (SSSR count). The van der Waals surface area contributed by atoms with Crippen LogP contribution in [-0.4, -0.2) is 43.2 Å². The number of benzene rings is 1. The Bertz CT molecular complexity index is 569. The third kappa shape index (κ3) is 2.32. The summed E-state index contributed by atoms with van der Waals surface area (Å²) in [5, 5.41) is 9.28.